The van der Waals surface area contributed by atoms with Gasteiger partial charge in [-0.1, -0.05) is 20.8 Å². The number of rotatable bonds is 3. The Morgan fingerprint density at radius 3 is 2.38 bits per heavy atom. The molecule has 0 radical (unpaired) electrons. The highest BCUT2D eigenvalue weighted by Gasteiger charge is 2.46. The van der Waals surface area contributed by atoms with E-state index in [1.165, 1.54) is 7.05 Å². The van der Waals surface area contributed by atoms with Crippen LogP contribution < -0.4 is 4.90 Å². The number of anilines is 1. The van der Waals surface area contributed by atoms with Crippen LogP contribution in [0.2, 0.25) is 0 Å². The zero-order valence-corrected chi connectivity index (χ0v) is 14.5. The number of ether oxygens (including phenoxy) is 1. The van der Waals surface area contributed by atoms with Crippen molar-refractivity contribution in [1.29, 1.82) is 0 Å². The highest BCUT2D eigenvalue weighted by atomic mass is 19.4. The maximum atomic E-state index is 12.8. The van der Waals surface area contributed by atoms with Gasteiger partial charge < -0.3 is 9.64 Å². The molecule has 0 bridgehead atoms. The van der Waals surface area contributed by atoms with Gasteiger partial charge in [-0.3, -0.25) is 4.79 Å². The standard InChI is InChI=1S/C15H23F3N4O2/c1-6-24-11(23)9-7-22(8-10(9)14(2,3)4)13-19-12(15(16,17)18)20-21(13)5/h9-10H,6-8H2,1-5H3/t9-,10-/m1/s1. The highest BCUT2D eigenvalue weighted by molar-refractivity contribution is 5.74. The number of hydrogen-bond acceptors (Lipinski definition) is 5. The first-order chi connectivity index (χ1) is 10.9. The smallest absolute Gasteiger partial charge is 0.453 e. The molecule has 0 aromatic carbocycles. The second kappa shape index (κ2) is 6.25. The lowest BCUT2D eigenvalue weighted by Crippen LogP contribution is -2.33. The summed E-state index contributed by atoms with van der Waals surface area (Å²) in [7, 11) is 1.42. The lowest BCUT2D eigenvalue weighted by atomic mass is 9.75. The molecule has 1 saturated heterocycles. The summed E-state index contributed by atoms with van der Waals surface area (Å²) in [6.45, 7) is 8.71. The van der Waals surface area contributed by atoms with E-state index < -0.39 is 17.9 Å². The molecule has 1 aromatic heterocycles. The molecule has 9 heteroatoms. The maximum absolute atomic E-state index is 12.8. The van der Waals surface area contributed by atoms with Crippen molar-refractivity contribution in [2.75, 3.05) is 24.6 Å². The summed E-state index contributed by atoms with van der Waals surface area (Å²) < 4.78 is 44.7. The van der Waals surface area contributed by atoms with Gasteiger partial charge in [0, 0.05) is 20.1 Å². The molecule has 0 aliphatic carbocycles. The van der Waals surface area contributed by atoms with Gasteiger partial charge in [-0.2, -0.15) is 18.2 Å². The average Bonchev–Trinajstić information content (AvgIpc) is 3.01. The number of halogens is 3. The van der Waals surface area contributed by atoms with E-state index in [1.807, 2.05) is 20.8 Å². The zero-order valence-electron chi connectivity index (χ0n) is 14.5. The van der Waals surface area contributed by atoms with Crippen molar-refractivity contribution in [3.05, 3.63) is 5.82 Å². The molecule has 24 heavy (non-hydrogen) atoms. The van der Waals surface area contributed by atoms with Gasteiger partial charge in [-0.15, -0.1) is 5.10 Å². The molecule has 1 fully saturated rings. The molecule has 2 heterocycles. The summed E-state index contributed by atoms with van der Waals surface area (Å²) in [4.78, 5) is 17.6. The number of carbonyl (C=O) groups excluding carboxylic acids is 1. The van der Waals surface area contributed by atoms with Gasteiger partial charge in [0.15, 0.2) is 0 Å². The predicted octanol–water partition coefficient (Wildman–Crippen LogP) is 2.50. The number of esters is 1. The third-order valence-corrected chi connectivity index (χ3v) is 4.30. The van der Waals surface area contributed by atoms with Crippen LogP contribution in [-0.2, 0) is 22.8 Å². The molecule has 2 atom stereocenters. The Kier molecular flexibility index (Phi) is 4.83. The minimum Gasteiger partial charge on any atom is -0.466 e. The predicted molar refractivity (Wildman–Crippen MR) is 81.3 cm³/mol. The van der Waals surface area contributed by atoms with Crippen molar-refractivity contribution in [2.45, 2.75) is 33.9 Å². The molecular formula is C15H23F3N4O2. The molecule has 6 nitrogen and oxygen atoms in total. The topological polar surface area (TPSA) is 60.2 Å². The van der Waals surface area contributed by atoms with Crippen LogP contribution in [0, 0.1) is 17.3 Å². The van der Waals surface area contributed by atoms with E-state index in [0.29, 0.717) is 6.54 Å². The molecule has 0 amide bonds. The van der Waals surface area contributed by atoms with Gasteiger partial charge in [0.1, 0.15) is 0 Å². The molecule has 0 unspecified atom stereocenters. The van der Waals surface area contributed by atoms with Crippen molar-refractivity contribution < 1.29 is 22.7 Å². The lowest BCUT2D eigenvalue weighted by Gasteiger charge is -2.30. The molecule has 1 aliphatic rings. The van der Waals surface area contributed by atoms with Crippen molar-refractivity contribution in [3.8, 4) is 0 Å². The summed E-state index contributed by atoms with van der Waals surface area (Å²) in [6, 6.07) is 0. The van der Waals surface area contributed by atoms with Gasteiger partial charge in [-0.05, 0) is 18.3 Å². The molecular weight excluding hydrogens is 325 g/mol. The van der Waals surface area contributed by atoms with Gasteiger partial charge in [0.05, 0.1) is 12.5 Å². The third-order valence-electron chi connectivity index (χ3n) is 4.30. The molecule has 0 saturated carbocycles. The number of alkyl halides is 3. The van der Waals surface area contributed by atoms with Crippen molar-refractivity contribution in [2.24, 2.45) is 24.3 Å². The molecule has 2 rings (SSSR count). The van der Waals surface area contributed by atoms with Crippen LogP contribution in [0.5, 0.6) is 0 Å². The number of nitrogens with zero attached hydrogens (tertiary/aromatic N) is 4. The Morgan fingerprint density at radius 2 is 1.92 bits per heavy atom. The number of hydrogen-bond donors (Lipinski definition) is 0. The summed E-state index contributed by atoms with van der Waals surface area (Å²) in [6.07, 6.45) is -4.60. The van der Waals surface area contributed by atoms with Gasteiger partial charge >= 0.3 is 12.1 Å². The van der Waals surface area contributed by atoms with Crippen molar-refractivity contribution in [3.63, 3.8) is 0 Å². The monoisotopic (exact) mass is 348 g/mol. The third kappa shape index (κ3) is 3.64. The highest BCUT2D eigenvalue weighted by Crippen LogP contribution is 2.40. The van der Waals surface area contributed by atoms with Crippen molar-refractivity contribution >= 4 is 11.9 Å². The molecule has 0 spiro atoms. The Bertz CT molecular complexity index is 607. The first-order valence-corrected chi connectivity index (χ1v) is 7.85. The van der Waals surface area contributed by atoms with E-state index in [0.717, 1.165) is 4.68 Å². The second-order valence-corrected chi connectivity index (χ2v) is 7.09. The van der Waals surface area contributed by atoms with E-state index in [1.54, 1.807) is 11.8 Å². The molecule has 1 aliphatic heterocycles. The summed E-state index contributed by atoms with van der Waals surface area (Å²) in [5.41, 5.74) is -0.197. The fourth-order valence-electron chi connectivity index (χ4n) is 3.10. The summed E-state index contributed by atoms with van der Waals surface area (Å²) >= 11 is 0. The van der Waals surface area contributed by atoms with E-state index >= 15 is 0 Å². The van der Waals surface area contributed by atoms with Crippen LogP contribution in [0.15, 0.2) is 0 Å². The van der Waals surface area contributed by atoms with E-state index in [-0.39, 0.29) is 36.4 Å². The SMILES string of the molecule is CCOC(=O)[C@@H]1CN(c2nc(C(F)(F)F)nn2C)C[C@H]1C(C)(C)C. The van der Waals surface area contributed by atoms with Crippen LogP contribution in [0.4, 0.5) is 19.1 Å². The fourth-order valence-corrected chi connectivity index (χ4v) is 3.10. The Hall–Kier alpha value is -1.80. The van der Waals surface area contributed by atoms with Crippen LogP contribution in [0.3, 0.4) is 0 Å². The van der Waals surface area contributed by atoms with Gasteiger partial charge in [0.2, 0.25) is 5.95 Å². The van der Waals surface area contributed by atoms with E-state index in [4.69, 9.17) is 4.74 Å². The Balaban J connectivity index is 2.30. The quantitative estimate of drug-likeness (QED) is 0.786. The van der Waals surface area contributed by atoms with E-state index in [9.17, 15) is 18.0 Å². The largest absolute Gasteiger partial charge is 0.466 e. The normalized spacial score (nSPS) is 22.1. The fraction of sp³-hybridized carbons (Fsp3) is 0.800. The first-order valence-electron chi connectivity index (χ1n) is 7.85. The van der Waals surface area contributed by atoms with Crippen LogP contribution in [0.1, 0.15) is 33.5 Å². The van der Waals surface area contributed by atoms with Crippen molar-refractivity contribution in [1.82, 2.24) is 14.8 Å². The Labute approximate surface area is 139 Å². The minimum absolute atomic E-state index is 0.0532. The van der Waals surface area contributed by atoms with Crippen LogP contribution >= 0.6 is 0 Å². The summed E-state index contributed by atoms with van der Waals surface area (Å²) in [5, 5.41) is 3.44. The van der Waals surface area contributed by atoms with Gasteiger partial charge in [-0.25, -0.2) is 4.68 Å². The zero-order chi connectivity index (χ0) is 18.3. The first kappa shape index (κ1) is 18.5. The molecule has 136 valence electrons. The number of aromatic nitrogens is 3. The van der Waals surface area contributed by atoms with E-state index in [2.05, 4.69) is 10.1 Å². The summed E-state index contributed by atoms with van der Waals surface area (Å²) in [5.74, 6) is -1.84. The molecule has 1 aromatic rings. The van der Waals surface area contributed by atoms with Crippen LogP contribution in [-0.4, -0.2) is 40.4 Å². The average molecular weight is 348 g/mol. The van der Waals surface area contributed by atoms with Crippen LogP contribution in [0.25, 0.3) is 0 Å². The number of aryl methyl sites for hydroxylation is 1. The molecule has 0 N–H and O–H groups in total. The lowest BCUT2D eigenvalue weighted by molar-refractivity contribution is -0.150. The Morgan fingerprint density at radius 1 is 1.29 bits per heavy atom. The van der Waals surface area contributed by atoms with Gasteiger partial charge in [0.25, 0.3) is 5.82 Å². The maximum Gasteiger partial charge on any atom is 0.453 e. The second-order valence-electron chi connectivity index (χ2n) is 7.09. The minimum atomic E-state index is -4.60. The number of carbonyl (C=O) groups is 1.